The van der Waals surface area contributed by atoms with Crippen LogP contribution in [0.25, 0.3) is 0 Å². The molecule has 0 aliphatic carbocycles. The third kappa shape index (κ3) is 6.60. The molecule has 0 aliphatic rings. The summed E-state index contributed by atoms with van der Waals surface area (Å²) in [5, 5.41) is 18.1. The second-order valence-corrected chi connectivity index (χ2v) is 6.60. The summed E-state index contributed by atoms with van der Waals surface area (Å²) in [5.41, 5.74) is 1.19. The number of tetrazole rings is 1. The smallest absolute Gasteiger partial charge is 0.282 e. The van der Waals surface area contributed by atoms with Gasteiger partial charge < -0.3 is 19.6 Å². The Kier molecular flexibility index (Phi) is 8.49. The lowest BCUT2D eigenvalue weighted by Crippen LogP contribution is -2.33. The Morgan fingerprint density at radius 3 is 2.61 bits per heavy atom. The topological polar surface area (TPSA) is 126 Å². The van der Waals surface area contributed by atoms with Crippen molar-refractivity contribution in [3.8, 4) is 0 Å². The van der Waals surface area contributed by atoms with Gasteiger partial charge >= 0.3 is 0 Å². The predicted octanol–water partition coefficient (Wildman–Crippen LogP) is 2.05. The first-order valence-electron chi connectivity index (χ1n) is 10.2. The molecular weight excluding hydrogens is 433 g/mol. The molecule has 2 heterocycles. The van der Waals surface area contributed by atoms with Crippen molar-refractivity contribution < 1.29 is 23.5 Å². The minimum atomic E-state index is -1.03. The number of benzene rings is 1. The summed E-state index contributed by atoms with van der Waals surface area (Å²) in [6.45, 7) is 4.17. The monoisotopic (exact) mass is 457 g/mol. The number of aromatic nitrogens is 5. The maximum absolute atomic E-state index is 13.7. The summed E-state index contributed by atoms with van der Waals surface area (Å²) in [5.74, 6) is -0.298. The number of hydrogen-bond donors (Lipinski definition) is 1. The number of carbonyl (C=O) groups excluding carboxylic acids is 1. The lowest BCUT2D eigenvalue weighted by atomic mass is 10.1. The number of rotatable bonds is 11. The van der Waals surface area contributed by atoms with Gasteiger partial charge in [0, 0.05) is 25.8 Å². The van der Waals surface area contributed by atoms with E-state index in [9.17, 15) is 9.18 Å². The van der Waals surface area contributed by atoms with Crippen LogP contribution in [0.4, 0.5) is 10.2 Å². The molecule has 1 aromatic carbocycles. The molecule has 0 saturated carbocycles. The van der Waals surface area contributed by atoms with Crippen molar-refractivity contribution >= 4 is 17.4 Å². The van der Waals surface area contributed by atoms with Crippen LogP contribution in [0.2, 0.25) is 0 Å². The second-order valence-electron chi connectivity index (χ2n) is 6.60. The van der Waals surface area contributed by atoms with Gasteiger partial charge in [-0.15, -0.1) is 5.10 Å². The average molecular weight is 457 g/mol. The lowest BCUT2D eigenvalue weighted by molar-refractivity contribution is -0.164. The SMILES string of the molecule is CCOC(OCC)C(=O)Nc1cccc(CON=C(c2cccc(F)c2)c2nnnn2C)n1. The van der Waals surface area contributed by atoms with E-state index in [1.54, 1.807) is 51.2 Å². The number of nitrogens with one attached hydrogen (secondary N) is 1. The fraction of sp³-hybridized carbons (Fsp3) is 0.333. The molecule has 1 N–H and O–H groups in total. The van der Waals surface area contributed by atoms with Crippen LogP contribution in [0.15, 0.2) is 47.6 Å². The molecular formula is C21H24FN7O4. The molecule has 0 radical (unpaired) electrons. The summed E-state index contributed by atoms with van der Waals surface area (Å²) in [4.78, 5) is 22.2. The largest absolute Gasteiger partial charge is 0.389 e. The number of aryl methyl sites for hydroxylation is 1. The summed E-state index contributed by atoms with van der Waals surface area (Å²) in [6.07, 6.45) is -1.03. The number of anilines is 1. The van der Waals surface area contributed by atoms with Gasteiger partial charge in [0.1, 0.15) is 11.6 Å². The van der Waals surface area contributed by atoms with E-state index in [0.717, 1.165) is 0 Å². The number of nitrogens with zero attached hydrogens (tertiary/aromatic N) is 6. The quantitative estimate of drug-likeness (QED) is 0.263. The van der Waals surface area contributed by atoms with Crippen molar-refractivity contribution in [2.24, 2.45) is 12.2 Å². The van der Waals surface area contributed by atoms with Crippen LogP contribution >= 0.6 is 0 Å². The Hall–Kier alpha value is -3.77. The average Bonchev–Trinajstić information content (AvgIpc) is 3.22. The van der Waals surface area contributed by atoms with E-state index in [1.165, 1.54) is 16.8 Å². The molecule has 174 valence electrons. The zero-order chi connectivity index (χ0) is 23.6. The van der Waals surface area contributed by atoms with Crippen LogP contribution < -0.4 is 5.32 Å². The Labute approximate surface area is 189 Å². The summed E-state index contributed by atoms with van der Waals surface area (Å²) >= 11 is 0. The molecule has 0 saturated heterocycles. The van der Waals surface area contributed by atoms with E-state index in [4.69, 9.17) is 14.3 Å². The normalized spacial score (nSPS) is 11.6. The van der Waals surface area contributed by atoms with Gasteiger partial charge in [-0.3, -0.25) is 4.79 Å². The van der Waals surface area contributed by atoms with Gasteiger partial charge in [0.25, 0.3) is 5.91 Å². The first-order valence-corrected chi connectivity index (χ1v) is 10.2. The van der Waals surface area contributed by atoms with E-state index in [0.29, 0.717) is 36.1 Å². The zero-order valence-corrected chi connectivity index (χ0v) is 18.4. The third-order valence-corrected chi connectivity index (χ3v) is 4.21. The fourth-order valence-electron chi connectivity index (χ4n) is 2.77. The van der Waals surface area contributed by atoms with Crippen molar-refractivity contribution in [3.63, 3.8) is 0 Å². The molecule has 3 rings (SSSR count). The maximum Gasteiger partial charge on any atom is 0.282 e. The minimum Gasteiger partial charge on any atom is -0.389 e. The van der Waals surface area contributed by atoms with E-state index >= 15 is 0 Å². The van der Waals surface area contributed by atoms with Gasteiger partial charge in [0.05, 0.1) is 5.69 Å². The van der Waals surface area contributed by atoms with Crippen molar-refractivity contribution in [3.05, 3.63) is 65.4 Å². The molecule has 0 fully saturated rings. The molecule has 2 aromatic heterocycles. The number of amides is 1. The van der Waals surface area contributed by atoms with Crippen molar-refractivity contribution in [2.75, 3.05) is 18.5 Å². The Balaban J connectivity index is 1.73. The van der Waals surface area contributed by atoms with Gasteiger partial charge in [-0.05, 0) is 48.5 Å². The molecule has 1 amide bonds. The number of carbonyl (C=O) groups is 1. The number of hydrogen-bond acceptors (Lipinski definition) is 9. The van der Waals surface area contributed by atoms with E-state index in [1.807, 2.05) is 0 Å². The van der Waals surface area contributed by atoms with Gasteiger partial charge in [-0.1, -0.05) is 23.4 Å². The zero-order valence-electron chi connectivity index (χ0n) is 18.4. The van der Waals surface area contributed by atoms with Gasteiger partial charge in [-0.25, -0.2) is 14.1 Å². The molecule has 11 nitrogen and oxygen atoms in total. The van der Waals surface area contributed by atoms with Gasteiger partial charge in [0.2, 0.25) is 12.1 Å². The highest BCUT2D eigenvalue weighted by molar-refractivity contribution is 6.10. The summed E-state index contributed by atoms with van der Waals surface area (Å²) in [6, 6.07) is 10.9. The standard InChI is InChI=1S/C21H24FN7O4/c1-4-31-21(32-5-2)20(30)24-17-11-7-10-16(23-17)13-33-26-18(19-25-27-28-29(19)3)14-8-6-9-15(22)12-14/h6-12,21H,4-5,13H2,1-3H3,(H,23,24,30). The molecule has 0 bridgehead atoms. The van der Waals surface area contributed by atoms with E-state index in [-0.39, 0.29) is 12.3 Å². The number of oxime groups is 1. The van der Waals surface area contributed by atoms with Crippen LogP contribution in [0.1, 0.15) is 30.9 Å². The minimum absolute atomic E-state index is 0.0197. The molecule has 33 heavy (non-hydrogen) atoms. The molecule has 12 heteroatoms. The first-order chi connectivity index (χ1) is 16.0. The Morgan fingerprint density at radius 1 is 1.18 bits per heavy atom. The number of pyridine rings is 1. The summed E-state index contributed by atoms with van der Waals surface area (Å²) < 4.78 is 25.7. The van der Waals surface area contributed by atoms with Crippen molar-refractivity contribution in [1.29, 1.82) is 0 Å². The second kappa shape index (κ2) is 11.7. The first kappa shape index (κ1) is 23.9. The molecule has 0 spiro atoms. The Bertz CT molecular complexity index is 1100. The molecule has 0 atom stereocenters. The highest BCUT2D eigenvalue weighted by atomic mass is 19.1. The Morgan fingerprint density at radius 2 is 1.94 bits per heavy atom. The van der Waals surface area contributed by atoms with Crippen LogP contribution in [0, 0.1) is 5.82 Å². The predicted molar refractivity (Wildman–Crippen MR) is 116 cm³/mol. The molecule has 3 aromatic rings. The lowest BCUT2D eigenvalue weighted by Gasteiger charge is -2.16. The van der Waals surface area contributed by atoms with Gasteiger partial charge in [0.15, 0.2) is 12.3 Å². The van der Waals surface area contributed by atoms with Crippen molar-refractivity contribution in [1.82, 2.24) is 25.2 Å². The highest BCUT2D eigenvalue weighted by Gasteiger charge is 2.19. The number of ether oxygens (including phenoxy) is 2. The van der Waals surface area contributed by atoms with Crippen LogP contribution in [0.3, 0.4) is 0 Å². The van der Waals surface area contributed by atoms with Crippen LogP contribution in [-0.4, -0.2) is 56.3 Å². The van der Waals surface area contributed by atoms with Crippen molar-refractivity contribution in [2.45, 2.75) is 26.7 Å². The number of halogens is 1. The van der Waals surface area contributed by atoms with Crippen LogP contribution in [0.5, 0.6) is 0 Å². The van der Waals surface area contributed by atoms with Gasteiger partial charge in [-0.2, -0.15) is 0 Å². The summed E-state index contributed by atoms with van der Waals surface area (Å²) in [7, 11) is 1.63. The maximum atomic E-state index is 13.7. The molecule has 0 aliphatic heterocycles. The third-order valence-electron chi connectivity index (χ3n) is 4.21. The molecule has 0 unspecified atom stereocenters. The van der Waals surface area contributed by atoms with Crippen LogP contribution in [-0.2, 0) is 32.8 Å². The van der Waals surface area contributed by atoms with E-state index < -0.39 is 18.0 Å². The highest BCUT2D eigenvalue weighted by Crippen LogP contribution is 2.12. The van der Waals surface area contributed by atoms with E-state index in [2.05, 4.69) is 31.0 Å². The fourth-order valence-corrected chi connectivity index (χ4v) is 2.77.